The molecule has 0 unspecified atom stereocenters. The van der Waals surface area contributed by atoms with Crippen LogP contribution in [-0.2, 0) is 6.18 Å². The lowest BCUT2D eigenvalue weighted by atomic mass is 10.2. The zero-order valence-electron chi connectivity index (χ0n) is 13.0. The minimum Gasteiger partial charge on any atom is -0.463 e. The van der Waals surface area contributed by atoms with Crippen LogP contribution >= 0.6 is 0 Å². The number of alkyl halides is 3. The molecule has 1 aliphatic rings. The number of amides is 1. The second-order valence-electron chi connectivity index (χ2n) is 5.79. The molecule has 3 aromatic heterocycles. The molecule has 0 N–H and O–H groups in total. The maximum Gasteiger partial charge on any atom is 0.433 e. The van der Waals surface area contributed by atoms with Crippen molar-refractivity contribution in [1.29, 1.82) is 0 Å². The van der Waals surface area contributed by atoms with Crippen molar-refractivity contribution in [3.63, 3.8) is 0 Å². The number of aromatic nitrogens is 3. The maximum absolute atomic E-state index is 13.4. The number of nitrogens with zero attached hydrogens (tertiary/aromatic N) is 4. The summed E-state index contributed by atoms with van der Waals surface area (Å²) in [7, 11) is 0. The fourth-order valence-electron chi connectivity index (χ4n) is 2.96. The molecule has 4 heterocycles. The third-order valence-corrected chi connectivity index (χ3v) is 4.16. The number of fused-ring (bicyclic) bond motifs is 1. The number of furan rings is 1. The van der Waals surface area contributed by atoms with Gasteiger partial charge >= 0.3 is 6.18 Å². The van der Waals surface area contributed by atoms with Crippen LogP contribution < -0.4 is 0 Å². The molecule has 0 spiro atoms. The molecular formula is C16H13F3N4O2. The molecule has 1 fully saturated rings. The second-order valence-corrected chi connectivity index (χ2v) is 5.79. The minimum absolute atomic E-state index is 0.000738. The van der Waals surface area contributed by atoms with E-state index < -0.39 is 11.9 Å². The van der Waals surface area contributed by atoms with E-state index in [0.29, 0.717) is 17.6 Å². The Balaban J connectivity index is 1.91. The third kappa shape index (κ3) is 2.65. The predicted molar refractivity (Wildman–Crippen MR) is 80.8 cm³/mol. The zero-order chi connectivity index (χ0) is 17.6. The summed E-state index contributed by atoms with van der Waals surface area (Å²) in [5, 5.41) is 3.76. The van der Waals surface area contributed by atoms with Gasteiger partial charge in [-0.1, -0.05) is 0 Å². The lowest BCUT2D eigenvalue weighted by Crippen LogP contribution is -2.27. The molecule has 130 valence electrons. The molecule has 0 radical (unpaired) electrons. The Hall–Kier alpha value is -2.84. The highest BCUT2D eigenvalue weighted by atomic mass is 19.4. The summed E-state index contributed by atoms with van der Waals surface area (Å²) < 4.78 is 46.1. The first-order valence-corrected chi connectivity index (χ1v) is 7.74. The van der Waals surface area contributed by atoms with E-state index in [2.05, 4.69) is 10.1 Å². The fraction of sp³-hybridized carbons (Fsp3) is 0.312. The molecule has 0 aromatic carbocycles. The van der Waals surface area contributed by atoms with Gasteiger partial charge in [0.05, 0.1) is 12.5 Å². The summed E-state index contributed by atoms with van der Waals surface area (Å²) >= 11 is 0. The van der Waals surface area contributed by atoms with Crippen LogP contribution in [0.15, 0.2) is 35.1 Å². The Morgan fingerprint density at radius 3 is 2.64 bits per heavy atom. The molecule has 6 nitrogen and oxygen atoms in total. The first-order valence-electron chi connectivity index (χ1n) is 7.74. The van der Waals surface area contributed by atoms with Crippen molar-refractivity contribution >= 4 is 11.6 Å². The van der Waals surface area contributed by atoms with Crippen molar-refractivity contribution in [2.75, 3.05) is 13.1 Å². The van der Waals surface area contributed by atoms with Crippen LogP contribution in [-0.4, -0.2) is 38.5 Å². The van der Waals surface area contributed by atoms with Gasteiger partial charge in [0.1, 0.15) is 11.3 Å². The standard InChI is InChI=1S/C16H13F3N4O2/c17-16(18,19)13-8-11(12-4-3-7-25-12)21-14-10(9-20-23(13)14)15(24)22-5-1-2-6-22/h3-4,7-9H,1-2,5-6H2. The minimum atomic E-state index is -4.65. The molecule has 1 amide bonds. The van der Waals surface area contributed by atoms with Gasteiger partial charge in [0.25, 0.3) is 5.91 Å². The predicted octanol–water partition coefficient (Wildman–Crippen LogP) is 3.24. The summed E-state index contributed by atoms with van der Waals surface area (Å²) in [6, 6.07) is 3.93. The Bertz CT molecular complexity index is 925. The highest BCUT2D eigenvalue weighted by Crippen LogP contribution is 2.33. The molecule has 25 heavy (non-hydrogen) atoms. The SMILES string of the molecule is O=C(c1cnn2c(C(F)(F)F)cc(-c3ccco3)nc12)N1CCCC1. The van der Waals surface area contributed by atoms with Crippen molar-refractivity contribution in [3.05, 3.63) is 41.9 Å². The van der Waals surface area contributed by atoms with E-state index >= 15 is 0 Å². The van der Waals surface area contributed by atoms with Crippen LogP contribution in [0.3, 0.4) is 0 Å². The molecule has 0 atom stereocenters. The molecule has 9 heteroatoms. The van der Waals surface area contributed by atoms with Gasteiger partial charge in [-0.15, -0.1) is 0 Å². The van der Waals surface area contributed by atoms with Gasteiger partial charge in [0.2, 0.25) is 0 Å². The second kappa shape index (κ2) is 5.61. The van der Waals surface area contributed by atoms with E-state index in [9.17, 15) is 18.0 Å². The maximum atomic E-state index is 13.4. The topological polar surface area (TPSA) is 63.6 Å². The average Bonchev–Trinajstić information content (AvgIpc) is 3.32. The number of hydrogen-bond donors (Lipinski definition) is 0. The fourth-order valence-corrected chi connectivity index (χ4v) is 2.96. The summed E-state index contributed by atoms with van der Waals surface area (Å²) in [5.41, 5.74) is -1.08. The quantitative estimate of drug-likeness (QED) is 0.712. The van der Waals surface area contributed by atoms with Crippen LogP contribution in [0.2, 0.25) is 0 Å². The molecule has 0 bridgehead atoms. The highest BCUT2D eigenvalue weighted by molar-refractivity contribution is 6.00. The highest BCUT2D eigenvalue weighted by Gasteiger charge is 2.36. The average molecular weight is 350 g/mol. The van der Waals surface area contributed by atoms with E-state index in [1.807, 2.05) is 0 Å². The van der Waals surface area contributed by atoms with E-state index in [1.165, 1.54) is 12.3 Å². The lowest BCUT2D eigenvalue weighted by Gasteiger charge is -2.14. The monoisotopic (exact) mass is 350 g/mol. The van der Waals surface area contributed by atoms with Crippen LogP contribution in [0.4, 0.5) is 13.2 Å². The number of likely N-dealkylation sites (tertiary alicyclic amines) is 1. The number of halogens is 3. The molecule has 0 aliphatic carbocycles. The van der Waals surface area contributed by atoms with Gasteiger partial charge in [-0.05, 0) is 31.0 Å². The number of carbonyl (C=O) groups is 1. The van der Waals surface area contributed by atoms with Crippen molar-refractivity contribution in [2.24, 2.45) is 0 Å². The molecule has 0 saturated carbocycles. The summed E-state index contributed by atoms with van der Waals surface area (Å²) in [6.07, 6.45) is -0.401. The first-order chi connectivity index (χ1) is 11.9. The molecule has 1 saturated heterocycles. The number of carbonyl (C=O) groups excluding carboxylic acids is 1. The van der Waals surface area contributed by atoms with Gasteiger partial charge in [0, 0.05) is 13.1 Å². The van der Waals surface area contributed by atoms with Gasteiger partial charge in [-0.2, -0.15) is 18.3 Å². The van der Waals surface area contributed by atoms with E-state index in [-0.39, 0.29) is 28.6 Å². The van der Waals surface area contributed by atoms with Crippen molar-refractivity contribution in [1.82, 2.24) is 19.5 Å². The van der Waals surface area contributed by atoms with E-state index in [0.717, 1.165) is 25.1 Å². The van der Waals surface area contributed by atoms with Gasteiger partial charge in [-0.25, -0.2) is 9.50 Å². The van der Waals surface area contributed by atoms with Gasteiger partial charge in [-0.3, -0.25) is 4.79 Å². The van der Waals surface area contributed by atoms with Crippen molar-refractivity contribution in [2.45, 2.75) is 19.0 Å². The molecule has 3 aromatic rings. The summed E-state index contributed by atoms with van der Waals surface area (Å²) in [5.74, 6) is -0.168. The zero-order valence-corrected chi connectivity index (χ0v) is 13.0. The Morgan fingerprint density at radius 2 is 2.00 bits per heavy atom. The van der Waals surface area contributed by atoms with Gasteiger partial charge < -0.3 is 9.32 Å². The van der Waals surface area contributed by atoms with Crippen LogP contribution in [0.1, 0.15) is 28.9 Å². The normalized spacial score (nSPS) is 15.2. The Kier molecular flexibility index (Phi) is 3.52. The van der Waals surface area contributed by atoms with E-state index in [4.69, 9.17) is 4.42 Å². The molecule has 4 rings (SSSR count). The third-order valence-electron chi connectivity index (χ3n) is 4.16. The molecule has 1 aliphatic heterocycles. The number of hydrogen-bond acceptors (Lipinski definition) is 4. The first kappa shape index (κ1) is 15.7. The van der Waals surface area contributed by atoms with Crippen LogP contribution in [0.5, 0.6) is 0 Å². The smallest absolute Gasteiger partial charge is 0.433 e. The van der Waals surface area contributed by atoms with Crippen LogP contribution in [0, 0.1) is 0 Å². The summed E-state index contributed by atoms with van der Waals surface area (Å²) in [6.45, 7) is 1.17. The van der Waals surface area contributed by atoms with Crippen LogP contribution in [0.25, 0.3) is 17.1 Å². The number of rotatable bonds is 2. The van der Waals surface area contributed by atoms with Crippen molar-refractivity contribution < 1.29 is 22.4 Å². The van der Waals surface area contributed by atoms with E-state index in [1.54, 1.807) is 11.0 Å². The molecular weight excluding hydrogens is 337 g/mol. The Labute approximate surface area is 139 Å². The van der Waals surface area contributed by atoms with Crippen molar-refractivity contribution in [3.8, 4) is 11.5 Å². The Morgan fingerprint density at radius 1 is 1.24 bits per heavy atom. The van der Waals surface area contributed by atoms with Gasteiger partial charge in [0.15, 0.2) is 17.1 Å². The lowest BCUT2D eigenvalue weighted by molar-refractivity contribution is -0.142. The summed E-state index contributed by atoms with van der Waals surface area (Å²) in [4.78, 5) is 18.4. The largest absolute Gasteiger partial charge is 0.463 e.